The van der Waals surface area contributed by atoms with Gasteiger partial charge in [0.05, 0.1) is 11.3 Å². The Morgan fingerprint density at radius 3 is 3.20 bits per heavy atom. The number of fused-ring (bicyclic) bond motifs is 3. The molecular weight excluding hydrogens is 190 g/mol. The molecule has 1 aromatic heterocycles. The van der Waals surface area contributed by atoms with E-state index in [1.165, 1.54) is 0 Å². The lowest BCUT2D eigenvalue weighted by molar-refractivity contribution is 0.0952. The minimum atomic E-state index is 0.0208. The van der Waals surface area contributed by atoms with Crippen molar-refractivity contribution in [2.24, 2.45) is 5.92 Å². The molecule has 3 heterocycles. The van der Waals surface area contributed by atoms with Crippen molar-refractivity contribution in [1.29, 1.82) is 0 Å². The van der Waals surface area contributed by atoms with Gasteiger partial charge < -0.3 is 10.6 Å². The quantitative estimate of drug-likeness (QED) is 0.630. The summed E-state index contributed by atoms with van der Waals surface area (Å²) in [5.74, 6) is 0.901. The third-order valence-corrected chi connectivity index (χ3v) is 3.30. The second kappa shape index (κ2) is 3.31. The molecule has 3 rings (SSSR count). The Hall–Kier alpha value is -1.42. The fraction of sp³-hybridized carbons (Fsp3) is 0.455. The standard InChI is InChI=1S/C11H13N3O/c15-11-8-2-1-3-13-10(8)9-6-12-4-7(9)5-14-11/h1-3,7,9,12H,4-6H2,(H,14,15)/t7-,9+/m1/s1. The maximum atomic E-state index is 11.8. The highest BCUT2D eigenvalue weighted by Crippen LogP contribution is 2.30. The Labute approximate surface area is 88.1 Å². The van der Waals surface area contributed by atoms with Gasteiger partial charge in [0.25, 0.3) is 5.91 Å². The lowest BCUT2D eigenvalue weighted by Crippen LogP contribution is -2.28. The molecule has 4 nitrogen and oxygen atoms in total. The van der Waals surface area contributed by atoms with Crippen molar-refractivity contribution in [2.75, 3.05) is 19.6 Å². The molecule has 1 aromatic rings. The van der Waals surface area contributed by atoms with Crippen LogP contribution in [0.25, 0.3) is 0 Å². The Morgan fingerprint density at radius 1 is 1.33 bits per heavy atom. The normalized spacial score (nSPS) is 28.9. The molecule has 0 unspecified atom stereocenters. The predicted molar refractivity (Wildman–Crippen MR) is 55.7 cm³/mol. The molecule has 0 saturated carbocycles. The number of rotatable bonds is 0. The van der Waals surface area contributed by atoms with Crippen LogP contribution in [0, 0.1) is 5.92 Å². The van der Waals surface area contributed by atoms with E-state index in [0.29, 0.717) is 11.8 Å². The third-order valence-electron chi connectivity index (χ3n) is 3.30. The molecule has 1 fully saturated rings. The number of nitrogens with zero attached hydrogens (tertiary/aromatic N) is 1. The lowest BCUT2D eigenvalue weighted by Gasteiger charge is -2.14. The largest absolute Gasteiger partial charge is 0.352 e. The lowest BCUT2D eigenvalue weighted by atomic mass is 9.91. The highest BCUT2D eigenvalue weighted by atomic mass is 16.1. The van der Waals surface area contributed by atoms with E-state index in [-0.39, 0.29) is 5.91 Å². The molecule has 15 heavy (non-hydrogen) atoms. The van der Waals surface area contributed by atoms with Gasteiger partial charge in [0.1, 0.15) is 0 Å². The van der Waals surface area contributed by atoms with Crippen LogP contribution in [-0.2, 0) is 0 Å². The summed E-state index contributed by atoms with van der Waals surface area (Å²) in [4.78, 5) is 16.1. The molecule has 2 atom stereocenters. The van der Waals surface area contributed by atoms with Crippen molar-refractivity contribution in [1.82, 2.24) is 15.6 Å². The van der Waals surface area contributed by atoms with E-state index >= 15 is 0 Å². The number of pyridine rings is 1. The van der Waals surface area contributed by atoms with Gasteiger partial charge >= 0.3 is 0 Å². The van der Waals surface area contributed by atoms with Gasteiger partial charge in [-0.3, -0.25) is 9.78 Å². The summed E-state index contributed by atoms with van der Waals surface area (Å²) in [6, 6.07) is 3.68. The van der Waals surface area contributed by atoms with Crippen LogP contribution in [0.1, 0.15) is 22.0 Å². The zero-order valence-electron chi connectivity index (χ0n) is 8.36. The van der Waals surface area contributed by atoms with Gasteiger partial charge in [0, 0.05) is 31.7 Å². The molecule has 1 saturated heterocycles. The molecule has 4 heteroatoms. The minimum absolute atomic E-state index is 0.0208. The summed E-state index contributed by atoms with van der Waals surface area (Å²) >= 11 is 0. The van der Waals surface area contributed by atoms with Crippen molar-refractivity contribution in [3.63, 3.8) is 0 Å². The SMILES string of the molecule is O=C1NC[C@H]2CNC[C@@H]2c2ncccc21. The summed E-state index contributed by atoms with van der Waals surface area (Å²) in [6.45, 7) is 2.66. The van der Waals surface area contributed by atoms with E-state index in [1.54, 1.807) is 6.20 Å². The van der Waals surface area contributed by atoms with Crippen LogP contribution in [0.4, 0.5) is 0 Å². The predicted octanol–water partition coefficient (Wildman–Crippen LogP) is 0.128. The van der Waals surface area contributed by atoms with Crippen molar-refractivity contribution in [3.05, 3.63) is 29.6 Å². The van der Waals surface area contributed by atoms with Crippen molar-refractivity contribution >= 4 is 5.91 Å². The van der Waals surface area contributed by atoms with Crippen LogP contribution >= 0.6 is 0 Å². The summed E-state index contributed by atoms with van der Waals surface area (Å²) in [7, 11) is 0. The smallest absolute Gasteiger partial charge is 0.253 e. The highest BCUT2D eigenvalue weighted by Gasteiger charge is 2.34. The van der Waals surface area contributed by atoms with E-state index in [0.717, 1.165) is 30.9 Å². The topological polar surface area (TPSA) is 54.0 Å². The van der Waals surface area contributed by atoms with Gasteiger partial charge in [0.15, 0.2) is 0 Å². The Morgan fingerprint density at radius 2 is 2.27 bits per heavy atom. The first-order valence-corrected chi connectivity index (χ1v) is 5.30. The fourth-order valence-corrected chi connectivity index (χ4v) is 2.49. The van der Waals surface area contributed by atoms with E-state index in [2.05, 4.69) is 15.6 Å². The molecule has 0 aliphatic carbocycles. The average Bonchev–Trinajstić information content (AvgIpc) is 2.69. The fourth-order valence-electron chi connectivity index (χ4n) is 2.49. The van der Waals surface area contributed by atoms with Gasteiger partial charge in [-0.1, -0.05) is 0 Å². The van der Waals surface area contributed by atoms with Gasteiger partial charge in [-0.05, 0) is 18.1 Å². The molecule has 0 aromatic carbocycles. The maximum absolute atomic E-state index is 11.8. The third kappa shape index (κ3) is 1.33. The summed E-state index contributed by atoms with van der Waals surface area (Å²) in [5, 5.41) is 6.31. The van der Waals surface area contributed by atoms with E-state index in [4.69, 9.17) is 0 Å². The van der Waals surface area contributed by atoms with Crippen LogP contribution in [0.5, 0.6) is 0 Å². The first kappa shape index (κ1) is 8.85. The molecule has 1 amide bonds. The number of aromatic nitrogens is 1. The number of nitrogens with one attached hydrogen (secondary N) is 2. The minimum Gasteiger partial charge on any atom is -0.352 e. The highest BCUT2D eigenvalue weighted by molar-refractivity contribution is 5.95. The molecule has 0 spiro atoms. The Balaban J connectivity index is 2.11. The van der Waals surface area contributed by atoms with Crippen LogP contribution in [0.2, 0.25) is 0 Å². The van der Waals surface area contributed by atoms with Gasteiger partial charge in [-0.15, -0.1) is 0 Å². The number of hydrogen-bond donors (Lipinski definition) is 2. The summed E-state index contributed by atoms with van der Waals surface area (Å²) in [6.07, 6.45) is 1.77. The second-order valence-electron chi connectivity index (χ2n) is 4.17. The molecule has 2 N–H and O–H groups in total. The average molecular weight is 203 g/mol. The van der Waals surface area contributed by atoms with E-state index in [9.17, 15) is 4.79 Å². The number of hydrogen-bond acceptors (Lipinski definition) is 3. The van der Waals surface area contributed by atoms with E-state index < -0.39 is 0 Å². The van der Waals surface area contributed by atoms with Crippen LogP contribution in [-0.4, -0.2) is 30.5 Å². The molecule has 0 radical (unpaired) electrons. The van der Waals surface area contributed by atoms with E-state index in [1.807, 2.05) is 12.1 Å². The zero-order chi connectivity index (χ0) is 10.3. The Kier molecular flexibility index (Phi) is 1.95. The first-order valence-electron chi connectivity index (χ1n) is 5.30. The van der Waals surface area contributed by atoms with Crippen LogP contribution in [0.3, 0.4) is 0 Å². The molecule has 78 valence electrons. The maximum Gasteiger partial charge on any atom is 0.253 e. The second-order valence-corrected chi connectivity index (χ2v) is 4.17. The molecule has 2 aliphatic rings. The monoisotopic (exact) mass is 203 g/mol. The molecule has 0 bridgehead atoms. The number of carbonyl (C=O) groups is 1. The van der Waals surface area contributed by atoms with Crippen molar-refractivity contribution in [3.8, 4) is 0 Å². The Bertz CT molecular complexity index is 405. The number of amides is 1. The number of carbonyl (C=O) groups excluding carboxylic acids is 1. The van der Waals surface area contributed by atoms with Gasteiger partial charge in [0.2, 0.25) is 0 Å². The van der Waals surface area contributed by atoms with Crippen LogP contribution in [0.15, 0.2) is 18.3 Å². The first-order chi connectivity index (χ1) is 7.36. The van der Waals surface area contributed by atoms with Crippen molar-refractivity contribution in [2.45, 2.75) is 5.92 Å². The van der Waals surface area contributed by atoms with Crippen molar-refractivity contribution < 1.29 is 4.79 Å². The molecule has 2 aliphatic heterocycles. The van der Waals surface area contributed by atoms with Gasteiger partial charge in [-0.25, -0.2) is 0 Å². The summed E-state index contributed by atoms with van der Waals surface area (Å²) < 4.78 is 0. The summed E-state index contributed by atoms with van der Waals surface area (Å²) in [5.41, 5.74) is 1.70. The molecular formula is C11H13N3O. The van der Waals surface area contributed by atoms with Gasteiger partial charge in [-0.2, -0.15) is 0 Å². The zero-order valence-corrected chi connectivity index (χ0v) is 8.36. The van der Waals surface area contributed by atoms with Crippen LogP contribution < -0.4 is 10.6 Å².